The maximum absolute atomic E-state index is 12.4. The first-order valence-corrected chi connectivity index (χ1v) is 14.9. The molecule has 1 saturated heterocycles. The third kappa shape index (κ3) is 6.58. The molecule has 6 N–H and O–H groups in total. The van der Waals surface area contributed by atoms with E-state index in [1.807, 2.05) is 66.9 Å². The monoisotopic (exact) mass is 590 g/mol. The lowest BCUT2D eigenvalue weighted by Gasteiger charge is -2.30. The van der Waals surface area contributed by atoms with Crippen LogP contribution in [-0.4, -0.2) is 51.0 Å². The molecule has 2 unspecified atom stereocenters. The molecule has 0 radical (unpaired) electrons. The maximum atomic E-state index is 12.4. The van der Waals surface area contributed by atoms with Crippen molar-refractivity contribution in [2.24, 2.45) is 11.8 Å². The summed E-state index contributed by atoms with van der Waals surface area (Å²) >= 11 is 0. The first-order chi connectivity index (χ1) is 20.4. The minimum Gasteiger partial charge on any atom is -0.481 e. The van der Waals surface area contributed by atoms with Gasteiger partial charge in [0.25, 0.3) is 0 Å². The second-order valence-electron chi connectivity index (χ2n) is 11.6. The van der Waals surface area contributed by atoms with Crippen LogP contribution in [0.4, 0.5) is 0 Å². The van der Waals surface area contributed by atoms with Crippen LogP contribution in [0.2, 0.25) is 0 Å². The molecule has 0 aliphatic carbocycles. The second-order valence-corrected chi connectivity index (χ2v) is 11.6. The van der Waals surface area contributed by atoms with Crippen LogP contribution >= 0.6 is 0 Å². The summed E-state index contributed by atoms with van der Waals surface area (Å²) in [5.74, 6) is -1.11. The third-order valence-corrected chi connectivity index (χ3v) is 9.00. The number of allylic oxidation sites excluding steroid dienone is 2. The molecule has 0 aromatic carbocycles. The summed E-state index contributed by atoms with van der Waals surface area (Å²) in [6, 6.07) is -0.469. The summed E-state index contributed by atoms with van der Waals surface area (Å²) in [7, 11) is 0. The summed E-state index contributed by atoms with van der Waals surface area (Å²) in [5, 5.41) is 28.4. The van der Waals surface area contributed by atoms with Crippen molar-refractivity contribution < 1.29 is 29.4 Å². The van der Waals surface area contributed by atoms with E-state index >= 15 is 0 Å². The van der Waals surface area contributed by atoms with Crippen molar-refractivity contribution in [2.45, 2.75) is 85.7 Å². The molecule has 3 aliphatic heterocycles. The molecule has 0 saturated carbocycles. The molecule has 1 aromatic heterocycles. The van der Waals surface area contributed by atoms with E-state index in [1.165, 1.54) is 0 Å². The molecule has 10 nitrogen and oxygen atoms in total. The summed E-state index contributed by atoms with van der Waals surface area (Å²) in [6.45, 7) is 11.6. The number of aromatic nitrogens is 1. The van der Waals surface area contributed by atoms with Gasteiger partial charge in [-0.25, -0.2) is 11.1 Å². The number of carbonyl (C=O) groups excluding carboxylic acids is 2. The number of aromatic amines is 1. The quantitative estimate of drug-likeness (QED) is 0.190. The number of carboxylic acid groups (broad SMARTS) is 2. The number of amides is 2. The van der Waals surface area contributed by atoms with Crippen molar-refractivity contribution in [3.63, 3.8) is 0 Å². The van der Waals surface area contributed by atoms with E-state index in [0.29, 0.717) is 19.3 Å². The number of rotatable bonds is 13. The highest BCUT2D eigenvalue weighted by Crippen LogP contribution is 2.39. The Bertz CT molecular complexity index is 1400. The third-order valence-electron chi connectivity index (χ3n) is 9.00. The normalized spacial score (nSPS) is 24.5. The lowest BCUT2D eigenvalue weighted by Crippen LogP contribution is -2.29. The highest BCUT2D eigenvalue weighted by Gasteiger charge is 2.31. The zero-order chi connectivity index (χ0) is 31.6. The standard InChI is InChI=1S/C33H42N4O6/c1-7-20-19(6)32(42)37-27(20)14-25-18(5)23(10-12-31(40)41)29(35-25)15-28-22(9-11-30(38)39)17(4)24(34-28)13-26-16(3)21(8-2)33(43)36-26/h7,13-15,19-20,26-27,34-35H,8-12H2,1-6H3,(H,36,43)(H,37,42)(H,38,39)(H,40,41)/q-4/b25-14+/t19-,20-,26?,27?/m1/s1. The largest absolute Gasteiger partial charge is 0.481 e. The van der Waals surface area contributed by atoms with Crippen LogP contribution in [-0.2, 0) is 25.6 Å². The summed E-state index contributed by atoms with van der Waals surface area (Å²) in [4.78, 5) is 51.3. The average molecular weight is 591 g/mol. The Hall–Kier alpha value is -4.21. The highest BCUT2D eigenvalue weighted by molar-refractivity contribution is 5.97. The first kappa shape index (κ1) is 31.7. The van der Waals surface area contributed by atoms with Crippen LogP contribution in [0.15, 0.2) is 34.2 Å². The molecule has 4 atom stereocenters. The van der Waals surface area contributed by atoms with Gasteiger partial charge in [-0.05, 0) is 19.4 Å². The van der Waals surface area contributed by atoms with Gasteiger partial charge in [0.2, 0.25) is 11.8 Å². The van der Waals surface area contributed by atoms with E-state index in [1.54, 1.807) is 0 Å². The van der Waals surface area contributed by atoms with Crippen molar-refractivity contribution in [3.05, 3.63) is 81.9 Å². The minimum atomic E-state index is -0.906. The fraction of sp³-hybridized carbons (Fsp3) is 0.455. The molecule has 2 amide bonds. The zero-order valence-electron chi connectivity index (χ0n) is 25.7. The number of H-pyrrole nitrogens is 1. The van der Waals surface area contributed by atoms with E-state index in [9.17, 15) is 29.4 Å². The van der Waals surface area contributed by atoms with Crippen molar-refractivity contribution in [2.75, 3.05) is 0 Å². The van der Waals surface area contributed by atoms with Crippen LogP contribution in [0, 0.1) is 43.9 Å². The van der Waals surface area contributed by atoms with Crippen molar-refractivity contribution in [3.8, 4) is 0 Å². The Morgan fingerprint density at radius 1 is 1.05 bits per heavy atom. The van der Waals surface area contributed by atoms with Crippen LogP contribution in [0.25, 0.3) is 0 Å². The SMILES string of the molecule is C[CH-][C@H]1C(/C=C2/NC([CH-]c3[nH]c([CH-]C4NC(=O)C(CC)=C4C)c(C)c3CCC(=O)O)=C(CCC(=O)O)[C-]2C)NC(=O)[C@@H]1C. The summed E-state index contributed by atoms with van der Waals surface area (Å²) in [5.41, 5.74) is 7.36. The lowest BCUT2D eigenvalue weighted by atomic mass is 9.87. The van der Waals surface area contributed by atoms with Gasteiger partial charge >= 0.3 is 11.9 Å². The second kappa shape index (κ2) is 13.0. The van der Waals surface area contributed by atoms with Gasteiger partial charge in [-0.1, -0.05) is 50.6 Å². The predicted octanol–water partition coefficient (Wildman–Crippen LogP) is 3.85. The summed E-state index contributed by atoms with van der Waals surface area (Å²) in [6.07, 6.45) is 9.03. The molecule has 43 heavy (non-hydrogen) atoms. The molecule has 1 fully saturated rings. The maximum Gasteiger partial charge on any atom is 0.302 e. The number of nitrogens with one attached hydrogen (secondary N) is 4. The van der Waals surface area contributed by atoms with Crippen molar-refractivity contribution in [1.29, 1.82) is 0 Å². The number of carbonyl (C=O) groups is 4. The van der Waals surface area contributed by atoms with E-state index in [-0.39, 0.29) is 48.6 Å². The molecule has 3 aliphatic rings. The fourth-order valence-corrected chi connectivity index (χ4v) is 6.37. The molecular weight excluding hydrogens is 548 g/mol. The van der Waals surface area contributed by atoms with Crippen molar-refractivity contribution >= 4 is 23.8 Å². The van der Waals surface area contributed by atoms with E-state index < -0.39 is 11.9 Å². The lowest BCUT2D eigenvalue weighted by molar-refractivity contribution is -0.138. The zero-order valence-corrected chi connectivity index (χ0v) is 25.7. The topological polar surface area (TPSA) is 161 Å². The molecule has 4 heterocycles. The van der Waals surface area contributed by atoms with Gasteiger partial charge in [0.1, 0.15) is 0 Å². The van der Waals surface area contributed by atoms with Crippen molar-refractivity contribution in [1.82, 2.24) is 20.9 Å². The fourth-order valence-electron chi connectivity index (χ4n) is 6.37. The molecule has 10 heteroatoms. The van der Waals surface area contributed by atoms with E-state index in [0.717, 1.165) is 56.5 Å². The van der Waals surface area contributed by atoms with Gasteiger partial charge in [-0.3, -0.25) is 19.2 Å². The minimum absolute atomic E-state index is 0.00486. The Morgan fingerprint density at radius 3 is 2.33 bits per heavy atom. The Morgan fingerprint density at radius 2 is 1.72 bits per heavy atom. The molecule has 234 valence electrons. The predicted molar refractivity (Wildman–Crippen MR) is 162 cm³/mol. The van der Waals surface area contributed by atoms with E-state index in [4.69, 9.17) is 0 Å². The number of aliphatic carboxylic acids is 2. The first-order valence-electron chi connectivity index (χ1n) is 14.9. The molecule has 0 spiro atoms. The molecule has 0 bridgehead atoms. The summed E-state index contributed by atoms with van der Waals surface area (Å²) < 4.78 is 0. The number of hydrogen-bond donors (Lipinski definition) is 6. The Balaban J connectivity index is 1.67. The smallest absolute Gasteiger partial charge is 0.302 e. The molecule has 4 rings (SSSR count). The van der Waals surface area contributed by atoms with Gasteiger partial charge in [-0.2, -0.15) is 36.9 Å². The van der Waals surface area contributed by atoms with Gasteiger partial charge < -0.3 is 37.6 Å². The van der Waals surface area contributed by atoms with Crippen LogP contribution in [0.5, 0.6) is 0 Å². The number of hydrogen-bond acceptors (Lipinski definition) is 5. The van der Waals surface area contributed by atoms with Gasteiger partial charge in [0.05, 0.1) is 0 Å². The van der Waals surface area contributed by atoms with Crippen LogP contribution < -0.4 is 16.0 Å². The molecular formula is C33H42N4O6-4. The Kier molecular flexibility index (Phi) is 9.57. The Labute approximate surface area is 253 Å². The van der Waals surface area contributed by atoms with Crippen LogP contribution in [0.3, 0.4) is 0 Å². The molecule has 1 aromatic rings. The van der Waals surface area contributed by atoms with Gasteiger partial charge in [0.15, 0.2) is 0 Å². The number of carboxylic acids is 2. The van der Waals surface area contributed by atoms with Crippen LogP contribution in [0.1, 0.15) is 82.8 Å². The van der Waals surface area contributed by atoms with Gasteiger partial charge in [0, 0.05) is 30.4 Å². The van der Waals surface area contributed by atoms with E-state index in [2.05, 4.69) is 20.9 Å². The average Bonchev–Trinajstić information content (AvgIpc) is 3.59. The highest BCUT2D eigenvalue weighted by atomic mass is 16.4. The van der Waals surface area contributed by atoms with Gasteiger partial charge in [-0.15, -0.1) is 24.6 Å².